The molecule has 0 bridgehead atoms. The van der Waals surface area contributed by atoms with Gasteiger partial charge in [0.1, 0.15) is 0 Å². The number of carbonyl (C=O) groups is 2. The predicted octanol–water partition coefficient (Wildman–Crippen LogP) is 4.07. The van der Waals surface area contributed by atoms with Gasteiger partial charge in [-0.05, 0) is 57.2 Å². The fraction of sp³-hybridized carbons (Fsp3) is 0.238. The van der Waals surface area contributed by atoms with Crippen LogP contribution in [0.4, 0.5) is 5.69 Å². The molecular formula is C21H22BrN5O2. The van der Waals surface area contributed by atoms with E-state index in [1.54, 1.807) is 40.8 Å². The van der Waals surface area contributed by atoms with Gasteiger partial charge in [-0.2, -0.15) is 0 Å². The van der Waals surface area contributed by atoms with Crippen molar-refractivity contribution in [1.82, 2.24) is 19.9 Å². The molecule has 0 aliphatic carbocycles. The van der Waals surface area contributed by atoms with Crippen LogP contribution in [-0.4, -0.2) is 44.8 Å². The van der Waals surface area contributed by atoms with Crippen LogP contribution in [0.5, 0.6) is 0 Å². The molecule has 3 aromatic rings. The summed E-state index contributed by atoms with van der Waals surface area (Å²) < 4.78 is 2.52. The molecule has 0 aliphatic rings. The van der Waals surface area contributed by atoms with Crippen LogP contribution in [-0.2, 0) is 0 Å². The highest BCUT2D eigenvalue weighted by atomic mass is 79.9. The number of nitrogens with zero attached hydrogens (tertiary/aromatic N) is 4. The van der Waals surface area contributed by atoms with Crippen LogP contribution in [0.1, 0.15) is 40.4 Å². The second-order valence-electron chi connectivity index (χ2n) is 6.43. The maximum atomic E-state index is 12.7. The van der Waals surface area contributed by atoms with Crippen molar-refractivity contribution in [2.75, 3.05) is 18.4 Å². The van der Waals surface area contributed by atoms with Gasteiger partial charge in [0.05, 0.1) is 11.4 Å². The number of hydrogen-bond acceptors (Lipinski definition) is 4. The van der Waals surface area contributed by atoms with Crippen LogP contribution in [0.3, 0.4) is 0 Å². The molecule has 3 rings (SSSR count). The lowest BCUT2D eigenvalue weighted by atomic mass is 10.1. The summed E-state index contributed by atoms with van der Waals surface area (Å²) in [6.07, 6.45) is 0. The number of nitrogens with one attached hydrogen (secondary N) is 1. The molecule has 0 aliphatic heterocycles. The van der Waals surface area contributed by atoms with Crippen LogP contribution in [0.25, 0.3) is 5.69 Å². The van der Waals surface area contributed by atoms with E-state index in [-0.39, 0.29) is 17.5 Å². The molecule has 1 N–H and O–H groups in total. The maximum absolute atomic E-state index is 12.7. The van der Waals surface area contributed by atoms with Gasteiger partial charge in [0.2, 0.25) is 0 Å². The zero-order valence-corrected chi connectivity index (χ0v) is 18.1. The van der Waals surface area contributed by atoms with E-state index in [9.17, 15) is 9.59 Å². The Morgan fingerprint density at radius 2 is 1.83 bits per heavy atom. The summed E-state index contributed by atoms with van der Waals surface area (Å²) in [5.41, 5.74) is 2.71. The Labute approximate surface area is 177 Å². The second-order valence-corrected chi connectivity index (χ2v) is 7.34. The molecular weight excluding hydrogens is 434 g/mol. The molecule has 2 aromatic carbocycles. The molecule has 2 amide bonds. The molecule has 1 aromatic heterocycles. The maximum Gasteiger partial charge on any atom is 0.278 e. The first-order valence-electron chi connectivity index (χ1n) is 9.33. The average Bonchev–Trinajstić information content (AvgIpc) is 3.10. The van der Waals surface area contributed by atoms with Crippen molar-refractivity contribution in [3.8, 4) is 5.69 Å². The summed E-state index contributed by atoms with van der Waals surface area (Å²) >= 11 is 3.43. The van der Waals surface area contributed by atoms with Gasteiger partial charge in [-0.25, -0.2) is 4.68 Å². The first-order valence-corrected chi connectivity index (χ1v) is 10.1. The number of carbonyl (C=O) groups excluding carboxylic acids is 2. The number of rotatable bonds is 6. The molecule has 1 heterocycles. The lowest BCUT2D eigenvalue weighted by Gasteiger charge is -2.18. The minimum atomic E-state index is -0.379. The van der Waals surface area contributed by atoms with Crippen molar-refractivity contribution < 1.29 is 9.59 Å². The van der Waals surface area contributed by atoms with Crippen LogP contribution >= 0.6 is 15.9 Å². The van der Waals surface area contributed by atoms with Gasteiger partial charge in [0.25, 0.3) is 11.8 Å². The minimum absolute atomic E-state index is 0.0668. The van der Waals surface area contributed by atoms with Crippen LogP contribution in [0.15, 0.2) is 53.0 Å². The summed E-state index contributed by atoms with van der Waals surface area (Å²) in [5, 5.41) is 11.0. The Morgan fingerprint density at radius 3 is 2.52 bits per heavy atom. The van der Waals surface area contributed by atoms with Crippen molar-refractivity contribution in [2.24, 2.45) is 0 Å². The number of amides is 2. The van der Waals surface area contributed by atoms with Crippen molar-refractivity contribution in [3.05, 3.63) is 70.0 Å². The fourth-order valence-corrected chi connectivity index (χ4v) is 3.39. The van der Waals surface area contributed by atoms with E-state index >= 15 is 0 Å². The summed E-state index contributed by atoms with van der Waals surface area (Å²) in [7, 11) is 0. The smallest absolute Gasteiger partial charge is 0.278 e. The number of aromatic nitrogens is 3. The van der Waals surface area contributed by atoms with E-state index in [0.29, 0.717) is 30.0 Å². The standard InChI is InChI=1S/C21H22BrN5O2/c1-4-26(5-2)21(29)15-8-6-10-17(12-15)23-20(28)19-14(3)27(25-24-19)18-11-7-9-16(22)13-18/h6-13H,4-5H2,1-3H3,(H,23,28). The molecule has 0 spiro atoms. The van der Waals surface area contributed by atoms with Gasteiger partial charge in [-0.1, -0.05) is 33.3 Å². The summed E-state index contributed by atoms with van der Waals surface area (Å²) in [4.78, 5) is 27.0. The highest BCUT2D eigenvalue weighted by molar-refractivity contribution is 9.10. The van der Waals surface area contributed by atoms with Crippen LogP contribution in [0.2, 0.25) is 0 Å². The second kappa shape index (κ2) is 9.00. The first-order chi connectivity index (χ1) is 13.9. The highest BCUT2D eigenvalue weighted by Crippen LogP contribution is 2.19. The van der Waals surface area contributed by atoms with Gasteiger partial charge in [0, 0.05) is 28.8 Å². The topological polar surface area (TPSA) is 80.1 Å². The third kappa shape index (κ3) is 4.54. The molecule has 7 nitrogen and oxygen atoms in total. The van der Waals surface area contributed by atoms with E-state index in [1.165, 1.54) is 0 Å². The number of halogens is 1. The van der Waals surface area contributed by atoms with Crippen LogP contribution in [0, 0.1) is 6.92 Å². The third-order valence-electron chi connectivity index (χ3n) is 4.58. The summed E-state index contributed by atoms with van der Waals surface area (Å²) in [6.45, 7) is 6.92. The quantitative estimate of drug-likeness (QED) is 0.607. The summed E-state index contributed by atoms with van der Waals surface area (Å²) in [5.74, 6) is -0.445. The van der Waals surface area contributed by atoms with E-state index < -0.39 is 0 Å². The molecule has 0 radical (unpaired) electrons. The Bertz CT molecular complexity index is 1040. The average molecular weight is 456 g/mol. The van der Waals surface area contributed by atoms with Gasteiger partial charge < -0.3 is 10.2 Å². The highest BCUT2D eigenvalue weighted by Gasteiger charge is 2.19. The van der Waals surface area contributed by atoms with Crippen molar-refractivity contribution in [1.29, 1.82) is 0 Å². The number of anilines is 1. The normalized spacial score (nSPS) is 10.6. The molecule has 0 saturated carbocycles. The monoisotopic (exact) mass is 455 g/mol. The van der Waals surface area contributed by atoms with E-state index in [4.69, 9.17) is 0 Å². The lowest BCUT2D eigenvalue weighted by molar-refractivity contribution is 0.0772. The van der Waals surface area contributed by atoms with Crippen LogP contribution < -0.4 is 5.32 Å². The SMILES string of the molecule is CCN(CC)C(=O)c1cccc(NC(=O)c2nnn(-c3cccc(Br)c3)c2C)c1. The zero-order chi connectivity index (χ0) is 21.0. The van der Waals surface area contributed by atoms with E-state index in [2.05, 4.69) is 31.6 Å². The Kier molecular flexibility index (Phi) is 6.43. The molecule has 0 fully saturated rings. The lowest BCUT2D eigenvalue weighted by Crippen LogP contribution is -2.30. The Balaban J connectivity index is 1.81. The molecule has 0 saturated heterocycles. The first kappa shape index (κ1) is 20.7. The summed E-state index contributed by atoms with van der Waals surface area (Å²) in [6, 6.07) is 14.5. The largest absolute Gasteiger partial charge is 0.339 e. The molecule has 8 heteroatoms. The molecule has 150 valence electrons. The number of benzene rings is 2. The van der Waals surface area contributed by atoms with Gasteiger partial charge in [0.15, 0.2) is 5.69 Å². The Hall–Kier alpha value is -3.00. The Morgan fingerprint density at radius 1 is 1.10 bits per heavy atom. The molecule has 0 unspecified atom stereocenters. The van der Waals surface area contributed by atoms with Gasteiger partial charge in [-0.3, -0.25) is 9.59 Å². The minimum Gasteiger partial charge on any atom is -0.339 e. The predicted molar refractivity (Wildman–Crippen MR) is 115 cm³/mol. The van der Waals surface area contributed by atoms with Gasteiger partial charge >= 0.3 is 0 Å². The van der Waals surface area contributed by atoms with Crippen molar-refractivity contribution in [3.63, 3.8) is 0 Å². The fourth-order valence-electron chi connectivity index (χ4n) is 3.01. The number of hydrogen-bond donors (Lipinski definition) is 1. The zero-order valence-electron chi connectivity index (χ0n) is 16.5. The van der Waals surface area contributed by atoms with Gasteiger partial charge in [-0.15, -0.1) is 5.10 Å². The van der Waals surface area contributed by atoms with Crippen molar-refractivity contribution >= 4 is 33.4 Å². The van der Waals surface area contributed by atoms with Crippen molar-refractivity contribution in [2.45, 2.75) is 20.8 Å². The molecule has 0 atom stereocenters. The molecule has 29 heavy (non-hydrogen) atoms. The van der Waals surface area contributed by atoms with E-state index in [0.717, 1.165) is 10.2 Å². The third-order valence-corrected chi connectivity index (χ3v) is 5.07. The van der Waals surface area contributed by atoms with E-state index in [1.807, 2.05) is 38.1 Å².